The highest BCUT2D eigenvalue weighted by Crippen LogP contribution is 2.38. The predicted molar refractivity (Wildman–Crippen MR) is 92.7 cm³/mol. The van der Waals surface area contributed by atoms with E-state index in [2.05, 4.69) is 10.1 Å². The van der Waals surface area contributed by atoms with Crippen LogP contribution in [-0.4, -0.2) is 44.2 Å². The second-order valence-electron chi connectivity index (χ2n) is 5.84. The molecule has 5 N–H and O–H groups in total. The van der Waals surface area contributed by atoms with Gasteiger partial charge in [-0.2, -0.15) is 0 Å². The summed E-state index contributed by atoms with van der Waals surface area (Å²) in [6.07, 6.45) is 2.09. The molecule has 1 aromatic carbocycles. The summed E-state index contributed by atoms with van der Waals surface area (Å²) in [7, 11) is -3.88. The van der Waals surface area contributed by atoms with E-state index in [1.54, 1.807) is 0 Å². The predicted octanol–water partition coefficient (Wildman–Crippen LogP) is 2.19. The molecule has 2 aromatic rings. The van der Waals surface area contributed by atoms with Gasteiger partial charge in [0.2, 0.25) is 0 Å². The fraction of sp³-hybridized carbons (Fsp3) is 0.375. The van der Waals surface area contributed by atoms with Crippen molar-refractivity contribution in [3.63, 3.8) is 0 Å². The second-order valence-corrected chi connectivity index (χ2v) is 7.95. The zero-order chi connectivity index (χ0) is 18.4. The third-order valence-corrected chi connectivity index (χ3v) is 5.52. The molecule has 0 spiro atoms. The lowest BCUT2D eigenvalue weighted by atomic mass is 10.1. The lowest BCUT2D eigenvalue weighted by Crippen LogP contribution is -2.35. The standard InChI is InChI=1S/C16H21N2O6P/c19-15(20)8-7-14(16(21)22)18-25(23,24)9-3-4-11-10-17-13-6-2-1-5-12(11)13/h1-2,5-6,10,14,17H,3-4,7-9H2,(H,19,20)(H,21,22)(H2,18,23,24). The average molecular weight is 368 g/mol. The highest BCUT2D eigenvalue weighted by atomic mass is 31.2. The average Bonchev–Trinajstić information content (AvgIpc) is 2.94. The Kier molecular flexibility index (Phi) is 6.36. The van der Waals surface area contributed by atoms with E-state index in [1.165, 1.54) is 0 Å². The van der Waals surface area contributed by atoms with Crippen LogP contribution in [-0.2, 0) is 20.6 Å². The van der Waals surface area contributed by atoms with Crippen LogP contribution in [0.25, 0.3) is 10.9 Å². The Morgan fingerprint density at radius 1 is 1.24 bits per heavy atom. The molecule has 2 atom stereocenters. The number of hydrogen-bond acceptors (Lipinski definition) is 3. The maximum absolute atomic E-state index is 12.2. The van der Waals surface area contributed by atoms with Crippen molar-refractivity contribution in [1.82, 2.24) is 10.1 Å². The van der Waals surface area contributed by atoms with Crippen LogP contribution in [0.2, 0.25) is 0 Å². The zero-order valence-corrected chi connectivity index (χ0v) is 14.4. The molecule has 0 saturated heterocycles. The van der Waals surface area contributed by atoms with Crippen molar-refractivity contribution in [2.24, 2.45) is 0 Å². The Morgan fingerprint density at radius 2 is 1.96 bits per heavy atom. The summed E-state index contributed by atoms with van der Waals surface area (Å²) in [6, 6.07) is 6.37. The first-order valence-electron chi connectivity index (χ1n) is 7.88. The van der Waals surface area contributed by atoms with Gasteiger partial charge in [0.15, 0.2) is 0 Å². The van der Waals surface area contributed by atoms with Gasteiger partial charge in [0.05, 0.1) is 0 Å². The minimum Gasteiger partial charge on any atom is -0.481 e. The fourth-order valence-electron chi connectivity index (χ4n) is 2.64. The molecule has 0 aliphatic carbocycles. The molecule has 1 heterocycles. The van der Waals surface area contributed by atoms with Gasteiger partial charge < -0.3 is 20.1 Å². The fourth-order valence-corrected chi connectivity index (χ4v) is 4.08. The molecule has 25 heavy (non-hydrogen) atoms. The van der Waals surface area contributed by atoms with Crippen molar-refractivity contribution in [3.05, 3.63) is 36.0 Å². The first-order valence-corrected chi connectivity index (χ1v) is 9.72. The maximum atomic E-state index is 12.2. The number of fused-ring (bicyclic) bond motifs is 1. The summed E-state index contributed by atoms with van der Waals surface area (Å²) in [5, 5.41) is 20.9. The summed E-state index contributed by atoms with van der Waals surface area (Å²) in [6.45, 7) is 0. The van der Waals surface area contributed by atoms with Crippen molar-refractivity contribution in [2.45, 2.75) is 31.7 Å². The highest BCUT2D eigenvalue weighted by Gasteiger charge is 2.27. The largest absolute Gasteiger partial charge is 0.481 e. The van der Waals surface area contributed by atoms with Crippen LogP contribution in [0.4, 0.5) is 0 Å². The lowest BCUT2D eigenvalue weighted by molar-refractivity contribution is -0.140. The van der Waals surface area contributed by atoms with Crippen molar-refractivity contribution >= 4 is 30.4 Å². The molecule has 0 saturated carbocycles. The Hall–Kier alpha value is -2.15. The van der Waals surface area contributed by atoms with E-state index < -0.39 is 25.5 Å². The minimum atomic E-state index is -3.88. The number of carboxylic acid groups (broad SMARTS) is 2. The molecule has 0 aliphatic rings. The van der Waals surface area contributed by atoms with Gasteiger partial charge in [-0.1, -0.05) is 18.2 Å². The van der Waals surface area contributed by atoms with Gasteiger partial charge in [-0.25, -0.2) is 5.09 Å². The molecule has 0 fully saturated rings. The number of benzene rings is 1. The van der Waals surface area contributed by atoms with Crippen LogP contribution in [0.15, 0.2) is 30.5 Å². The van der Waals surface area contributed by atoms with Crippen LogP contribution in [0.3, 0.4) is 0 Å². The Morgan fingerprint density at radius 3 is 2.64 bits per heavy atom. The molecule has 2 rings (SSSR count). The van der Waals surface area contributed by atoms with Crippen molar-refractivity contribution in [2.75, 3.05) is 6.16 Å². The molecule has 0 amide bonds. The van der Waals surface area contributed by atoms with Gasteiger partial charge in [0.1, 0.15) is 6.04 Å². The smallest absolute Gasteiger partial charge is 0.321 e. The number of carboxylic acids is 2. The van der Waals surface area contributed by atoms with Gasteiger partial charge >= 0.3 is 11.9 Å². The van der Waals surface area contributed by atoms with Gasteiger partial charge in [0, 0.05) is 29.7 Å². The number of para-hydroxylation sites is 1. The number of H-pyrrole nitrogens is 1. The number of hydrogen-bond donors (Lipinski definition) is 5. The Balaban J connectivity index is 1.90. The van der Waals surface area contributed by atoms with E-state index in [0.29, 0.717) is 12.8 Å². The Labute approximate surface area is 144 Å². The topological polar surface area (TPSA) is 140 Å². The van der Waals surface area contributed by atoms with E-state index in [9.17, 15) is 19.0 Å². The summed E-state index contributed by atoms with van der Waals surface area (Å²) in [5.74, 6) is -2.49. The number of rotatable bonds is 10. The molecule has 0 radical (unpaired) electrons. The molecule has 1 aromatic heterocycles. The van der Waals surface area contributed by atoms with Gasteiger partial charge in [0.25, 0.3) is 7.52 Å². The number of aliphatic carboxylic acids is 2. The van der Waals surface area contributed by atoms with Crippen molar-refractivity contribution < 1.29 is 29.3 Å². The number of nitrogens with one attached hydrogen (secondary N) is 2. The summed E-state index contributed by atoms with van der Waals surface area (Å²) in [4.78, 5) is 34.7. The third-order valence-electron chi connectivity index (χ3n) is 3.88. The molecule has 0 aliphatic heterocycles. The molecular weight excluding hydrogens is 347 g/mol. The molecular formula is C16H21N2O6P. The van der Waals surface area contributed by atoms with Crippen LogP contribution < -0.4 is 5.09 Å². The quantitative estimate of drug-likeness (QED) is 0.405. The van der Waals surface area contributed by atoms with E-state index in [0.717, 1.165) is 16.5 Å². The van der Waals surface area contributed by atoms with E-state index in [-0.39, 0.29) is 19.0 Å². The first kappa shape index (κ1) is 19.2. The number of aromatic nitrogens is 1. The zero-order valence-electron chi connectivity index (χ0n) is 13.5. The molecule has 0 bridgehead atoms. The second kappa shape index (κ2) is 8.29. The summed E-state index contributed by atoms with van der Waals surface area (Å²) < 4.78 is 12.2. The minimum absolute atomic E-state index is 0.0939. The van der Waals surface area contributed by atoms with Crippen LogP contribution in [0, 0.1) is 0 Å². The molecule has 9 heteroatoms. The monoisotopic (exact) mass is 368 g/mol. The summed E-state index contributed by atoms with van der Waals surface area (Å²) >= 11 is 0. The summed E-state index contributed by atoms with van der Waals surface area (Å²) in [5.41, 5.74) is 2.01. The number of aryl methyl sites for hydroxylation is 1. The Bertz CT molecular complexity index is 803. The first-order chi connectivity index (χ1) is 11.8. The maximum Gasteiger partial charge on any atom is 0.321 e. The lowest BCUT2D eigenvalue weighted by Gasteiger charge is -2.18. The number of aromatic amines is 1. The van der Waals surface area contributed by atoms with Crippen molar-refractivity contribution in [1.29, 1.82) is 0 Å². The van der Waals surface area contributed by atoms with Gasteiger partial charge in [-0.05, 0) is 30.9 Å². The normalized spacial score (nSPS) is 14.9. The van der Waals surface area contributed by atoms with Crippen molar-refractivity contribution in [3.8, 4) is 0 Å². The highest BCUT2D eigenvalue weighted by molar-refractivity contribution is 7.55. The van der Waals surface area contributed by atoms with E-state index >= 15 is 0 Å². The van der Waals surface area contributed by atoms with Crippen LogP contribution >= 0.6 is 7.52 Å². The molecule has 2 unspecified atom stereocenters. The van der Waals surface area contributed by atoms with Crippen LogP contribution in [0.5, 0.6) is 0 Å². The van der Waals surface area contributed by atoms with Gasteiger partial charge in [-0.3, -0.25) is 14.2 Å². The number of carbonyl (C=O) groups is 2. The molecule has 8 nitrogen and oxygen atoms in total. The van der Waals surface area contributed by atoms with Gasteiger partial charge in [-0.15, -0.1) is 0 Å². The molecule has 136 valence electrons. The van der Waals surface area contributed by atoms with E-state index in [4.69, 9.17) is 10.2 Å². The SMILES string of the molecule is O=C(O)CCC(NP(=O)(O)CCCc1c[nH]c2ccccc12)C(=O)O. The van der Waals surface area contributed by atoms with E-state index in [1.807, 2.05) is 30.5 Å². The third kappa shape index (κ3) is 5.70. The van der Waals surface area contributed by atoms with Crippen LogP contribution in [0.1, 0.15) is 24.8 Å².